The molecule has 1 aromatic heterocycles. The quantitative estimate of drug-likeness (QED) is 0.630. The van der Waals surface area contributed by atoms with Gasteiger partial charge in [0.25, 0.3) is 0 Å². The molecule has 0 bridgehead atoms. The Bertz CT molecular complexity index is 717. The lowest BCUT2D eigenvalue weighted by Gasteiger charge is -2.30. The Labute approximate surface area is 152 Å². The van der Waals surface area contributed by atoms with E-state index in [0.717, 1.165) is 30.4 Å². The Morgan fingerprint density at radius 3 is 2.56 bits per heavy atom. The van der Waals surface area contributed by atoms with Gasteiger partial charge in [-0.05, 0) is 37.5 Å². The van der Waals surface area contributed by atoms with E-state index < -0.39 is 0 Å². The first-order chi connectivity index (χ1) is 12.1. The van der Waals surface area contributed by atoms with Crippen LogP contribution in [-0.2, 0) is 12.0 Å². The molecule has 0 atom stereocenters. The van der Waals surface area contributed by atoms with Gasteiger partial charge in [-0.15, -0.1) is 11.3 Å². The van der Waals surface area contributed by atoms with Crippen molar-refractivity contribution >= 4 is 17.3 Å². The van der Waals surface area contributed by atoms with E-state index in [9.17, 15) is 4.39 Å². The van der Waals surface area contributed by atoms with Crippen LogP contribution in [0.1, 0.15) is 41.1 Å². The zero-order valence-corrected chi connectivity index (χ0v) is 15.6. The van der Waals surface area contributed by atoms with Gasteiger partial charge in [-0.1, -0.05) is 25.0 Å². The number of guanidine groups is 1. The highest BCUT2D eigenvalue weighted by molar-refractivity contribution is 7.11. The molecule has 0 radical (unpaired) electrons. The molecule has 0 spiro atoms. The van der Waals surface area contributed by atoms with Crippen LogP contribution in [0.2, 0.25) is 0 Å². The zero-order valence-electron chi connectivity index (χ0n) is 14.8. The van der Waals surface area contributed by atoms with Crippen molar-refractivity contribution < 1.29 is 4.39 Å². The van der Waals surface area contributed by atoms with Crippen LogP contribution < -0.4 is 10.6 Å². The molecule has 0 unspecified atom stereocenters. The number of rotatable bonds is 5. The Hall–Kier alpha value is -1.95. The summed E-state index contributed by atoms with van der Waals surface area (Å²) in [5.74, 6) is 0.599. The van der Waals surface area contributed by atoms with Crippen LogP contribution in [-0.4, -0.2) is 24.5 Å². The van der Waals surface area contributed by atoms with E-state index in [0.29, 0.717) is 6.54 Å². The number of nitrogens with zero attached hydrogens (tertiary/aromatic N) is 2. The average Bonchev–Trinajstić information content (AvgIpc) is 3.25. The van der Waals surface area contributed by atoms with E-state index in [1.807, 2.05) is 18.3 Å². The van der Waals surface area contributed by atoms with Crippen LogP contribution in [0.4, 0.5) is 4.39 Å². The van der Waals surface area contributed by atoms with Gasteiger partial charge in [-0.25, -0.2) is 9.37 Å². The van der Waals surface area contributed by atoms with Gasteiger partial charge in [-0.3, -0.25) is 4.99 Å². The highest BCUT2D eigenvalue weighted by atomic mass is 32.1. The van der Waals surface area contributed by atoms with Crippen molar-refractivity contribution in [1.29, 1.82) is 0 Å². The standard InChI is InChI=1S/C19H25FN4S/c1-14-11-22-17(25-14)12-23-18(21-2)24-13-19(9-3-4-10-19)15-5-7-16(20)8-6-15/h5-8,11H,3-4,9-10,12-13H2,1-2H3,(H2,21,23,24). The maximum Gasteiger partial charge on any atom is 0.191 e. The minimum atomic E-state index is -0.180. The molecule has 1 aromatic carbocycles. The molecule has 4 nitrogen and oxygen atoms in total. The summed E-state index contributed by atoms with van der Waals surface area (Å²) in [5.41, 5.74) is 1.27. The van der Waals surface area contributed by atoms with Crippen molar-refractivity contribution in [3.63, 3.8) is 0 Å². The van der Waals surface area contributed by atoms with Crippen LogP contribution in [0.3, 0.4) is 0 Å². The lowest BCUT2D eigenvalue weighted by Crippen LogP contribution is -2.44. The molecule has 1 aliphatic carbocycles. The lowest BCUT2D eigenvalue weighted by atomic mass is 9.79. The van der Waals surface area contributed by atoms with Gasteiger partial charge in [0.05, 0.1) is 6.54 Å². The summed E-state index contributed by atoms with van der Waals surface area (Å²) in [6.07, 6.45) is 6.55. The molecule has 1 fully saturated rings. The highest BCUT2D eigenvalue weighted by Crippen LogP contribution is 2.40. The summed E-state index contributed by atoms with van der Waals surface area (Å²) >= 11 is 1.69. The Morgan fingerprint density at radius 2 is 1.96 bits per heavy atom. The molecular weight excluding hydrogens is 335 g/mol. The third-order valence-corrected chi connectivity index (χ3v) is 5.82. The predicted molar refractivity (Wildman–Crippen MR) is 102 cm³/mol. The zero-order chi connectivity index (χ0) is 17.7. The summed E-state index contributed by atoms with van der Waals surface area (Å²) in [7, 11) is 1.78. The third kappa shape index (κ3) is 4.37. The van der Waals surface area contributed by atoms with Crippen molar-refractivity contribution in [3.05, 3.63) is 51.7 Å². The maximum atomic E-state index is 13.3. The number of aryl methyl sites for hydroxylation is 1. The highest BCUT2D eigenvalue weighted by Gasteiger charge is 2.35. The first kappa shape index (κ1) is 17.9. The molecule has 2 N–H and O–H groups in total. The van der Waals surface area contributed by atoms with E-state index in [1.54, 1.807) is 30.5 Å². The summed E-state index contributed by atoms with van der Waals surface area (Å²) in [6, 6.07) is 6.98. The molecule has 0 amide bonds. The fraction of sp³-hybridized carbons (Fsp3) is 0.474. The molecule has 3 rings (SSSR count). The van der Waals surface area contributed by atoms with Crippen LogP contribution in [0.15, 0.2) is 35.5 Å². The molecule has 6 heteroatoms. The first-order valence-electron chi connectivity index (χ1n) is 8.73. The van der Waals surface area contributed by atoms with Gasteiger partial charge in [0.2, 0.25) is 0 Å². The Kier molecular flexibility index (Phi) is 5.68. The van der Waals surface area contributed by atoms with Gasteiger partial charge in [0, 0.05) is 30.1 Å². The largest absolute Gasteiger partial charge is 0.356 e. The Morgan fingerprint density at radius 1 is 1.24 bits per heavy atom. The average molecular weight is 361 g/mol. The third-order valence-electron chi connectivity index (χ3n) is 4.91. The van der Waals surface area contributed by atoms with Gasteiger partial charge >= 0.3 is 0 Å². The van der Waals surface area contributed by atoms with Crippen molar-refractivity contribution in [2.24, 2.45) is 4.99 Å². The number of aromatic nitrogens is 1. The number of halogens is 1. The first-order valence-corrected chi connectivity index (χ1v) is 9.55. The number of nitrogens with one attached hydrogen (secondary N) is 2. The Balaban J connectivity index is 1.63. The molecule has 134 valence electrons. The maximum absolute atomic E-state index is 13.3. The fourth-order valence-electron chi connectivity index (χ4n) is 3.54. The second-order valence-electron chi connectivity index (χ2n) is 6.64. The minimum Gasteiger partial charge on any atom is -0.356 e. The smallest absolute Gasteiger partial charge is 0.191 e. The molecule has 1 heterocycles. The van der Waals surface area contributed by atoms with Crippen LogP contribution in [0.25, 0.3) is 0 Å². The van der Waals surface area contributed by atoms with Crippen LogP contribution in [0, 0.1) is 12.7 Å². The normalized spacial score (nSPS) is 16.8. The second kappa shape index (κ2) is 7.95. The molecule has 1 saturated carbocycles. The molecule has 2 aromatic rings. The monoisotopic (exact) mass is 360 g/mol. The van der Waals surface area contributed by atoms with Crippen molar-refractivity contribution in [2.45, 2.75) is 44.6 Å². The van der Waals surface area contributed by atoms with Crippen molar-refractivity contribution in [1.82, 2.24) is 15.6 Å². The van der Waals surface area contributed by atoms with Crippen molar-refractivity contribution in [3.8, 4) is 0 Å². The second-order valence-corrected chi connectivity index (χ2v) is 7.96. The summed E-state index contributed by atoms with van der Waals surface area (Å²) in [4.78, 5) is 9.90. The molecule has 0 aliphatic heterocycles. The van der Waals surface area contributed by atoms with E-state index in [1.165, 1.54) is 23.3 Å². The fourth-order valence-corrected chi connectivity index (χ4v) is 4.27. The number of thiazole rings is 1. The number of benzene rings is 1. The lowest BCUT2D eigenvalue weighted by molar-refractivity contribution is 0.431. The van der Waals surface area contributed by atoms with E-state index in [4.69, 9.17) is 0 Å². The van der Waals surface area contributed by atoms with Gasteiger partial charge in [0.15, 0.2) is 5.96 Å². The topological polar surface area (TPSA) is 49.3 Å². The van der Waals surface area contributed by atoms with E-state index >= 15 is 0 Å². The SMILES string of the molecule is CN=C(NCc1ncc(C)s1)NCC1(c2ccc(F)cc2)CCCC1. The summed E-state index contributed by atoms with van der Waals surface area (Å²) < 4.78 is 13.3. The molecule has 0 saturated heterocycles. The summed E-state index contributed by atoms with van der Waals surface area (Å²) in [6.45, 7) is 3.53. The number of hydrogen-bond acceptors (Lipinski definition) is 3. The van der Waals surface area contributed by atoms with Crippen LogP contribution in [0.5, 0.6) is 0 Å². The minimum absolute atomic E-state index is 0.0586. The summed E-state index contributed by atoms with van der Waals surface area (Å²) in [5, 5.41) is 7.84. The van der Waals surface area contributed by atoms with Gasteiger partial charge in [-0.2, -0.15) is 0 Å². The number of aliphatic imine (C=N–C) groups is 1. The molecular formula is C19H25FN4S. The van der Waals surface area contributed by atoms with Gasteiger partial charge in [0.1, 0.15) is 10.8 Å². The van der Waals surface area contributed by atoms with Crippen molar-refractivity contribution in [2.75, 3.05) is 13.6 Å². The van der Waals surface area contributed by atoms with Crippen LogP contribution >= 0.6 is 11.3 Å². The molecule has 25 heavy (non-hydrogen) atoms. The van der Waals surface area contributed by atoms with E-state index in [2.05, 4.69) is 27.5 Å². The number of hydrogen-bond donors (Lipinski definition) is 2. The molecule has 1 aliphatic rings. The predicted octanol–water partition coefficient (Wildman–Crippen LogP) is 3.77. The van der Waals surface area contributed by atoms with Gasteiger partial charge < -0.3 is 10.6 Å². The van der Waals surface area contributed by atoms with E-state index in [-0.39, 0.29) is 11.2 Å².